The second-order valence-electron chi connectivity index (χ2n) is 6.76. The first-order chi connectivity index (χ1) is 8.71. The molecule has 0 saturated carbocycles. The van der Waals surface area contributed by atoms with Gasteiger partial charge in [-0.3, -0.25) is 4.79 Å². The number of ether oxygens (including phenoxy) is 1. The Morgan fingerprint density at radius 3 is 2.16 bits per heavy atom. The standard InChI is InChI=1S/C15H28O4/c1-7-9-10-15(11-13(3,4)5,12(16)17-8-2)14(6)18-19-14/h7-11H2,1-6H3. The number of hydrogen-bond acceptors (Lipinski definition) is 4. The predicted octanol–water partition coefficient (Wildman–Crippen LogP) is 3.84. The first-order valence-corrected chi connectivity index (χ1v) is 7.25. The molecule has 1 atom stereocenters. The number of carbonyl (C=O) groups excluding carboxylic acids is 1. The topological polar surface area (TPSA) is 51.4 Å². The molecular formula is C15H28O4. The molecule has 0 aromatic rings. The van der Waals surface area contributed by atoms with Gasteiger partial charge in [-0.1, -0.05) is 40.5 Å². The van der Waals surface area contributed by atoms with Gasteiger partial charge < -0.3 is 4.74 Å². The van der Waals surface area contributed by atoms with Gasteiger partial charge in [0.05, 0.1) is 6.61 Å². The lowest BCUT2D eigenvalue weighted by Crippen LogP contribution is -2.47. The van der Waals surface area contributed by atoms with Crippen LogP contribution in [0.4, 0.5) is 0 Å². The molecule has 1 aliphatic heterocycles. The highest BCUT2D eigenvalue weighted by molar-refractivity contribution is 5.78. The van der Waals surface area contributed by atoms with E-state index in [-0.39, 0.29) is 11.4 Å². The highest BCUT2D eigenvalue weighted by Gasteiger charge is 2.67. The van der Waals surface area contributed by atoms with E-state index in [4.69, 9.17) is 14.5 Å². The van der Waals surface area contributed by atoms with Gasteiger partial charge in [0.1, 0.15) is 5.41 Å². The number of unbranched alkanes of at least 4 members (excludes halogenated alkanes) is 1. The highest BCUT2D eigenvalue weighted by atomic mass is 17.4. The summed E-state index contributed by atoms with van der Waals surface area (Å²) in [6.45, 7) is 12.5. The van der Waals surface area contributed by atoms with Gasteiger partial charge in [-0.25, -0.2) is 0 Å². The lowest BCUT2D eigenvalue weighted by atomic mass is 9.67. The fourth-order valence-corrected chi connectivity index (χ4v) is 2.71. The minimum atomic E-state index is -0.832. The second kappa shape index (κ2) is 5.80. The van der Waals surface area contributed by atoms with E-state index in [9.17, 15) is 4.79 Å². The molecule has 1 rings (SSSR count). The van der Waals surface area contributed by atoms with Crippen molar-refractivity contribution >= 4 is 5.97 Å². The average Bonchev–Trinajstić information content (AvgIpc) is 3.02. The first kappa shape index (κ1) is 16.4. The van der Waals surface area contributed by atoms with Crippen LogP contribution in [-0.4, -0.2) is 18.4 Å². The third-order valence-corrected chi connectivity index (χ3v) is 3.66. The maximum atomic E-state index is 12.6. The molecule has 19 heavy (non-hydrogen) atoms. The van der Waals surface area contributed by atoms with Gasteiger partial charge in [0.2, 0.25) is 5.79 Å². The van der Waals surface area contributed by atoms with Gasteiger partial charge in [0.25, 0.3) is 0 Å². The zero-order valence-electron chi connectivity index (χ0n) is 13.2. The lowest BCUT2D eigenvalue weighted by molar-refractivity contribution is -0.164. The van der Waals surface area contributed by atoms with E-state index < -0.39 is 11.2 Å². The smallest absolute Gasteiger partial charge is 0.317 e. The second-order valence-corrected chi connectivity index (χ2v) is 6.76. The minimum absolute atomic E-state index is 0.00117. The summed E-state index contributed by atoms with van der Waals surface area (Å²) in [5.74, 6) is -1.03. The van der Waals surface area contributed by atoms with Crippen LogP contribution >= 0.6 is 0 Å². The molecule has 0 spiro atoms. The van der Waals surface area contributed by atoms with E-state index in [1.54, 1.807) is 0 Å². The van der Waals surface area contributed by atoms with Crippen LogP contribution in [0, 0.1) is 10.8 Å². The van der Waals surface area contributed by atoms with E-state index in [0.717, 1.165) is 19.3 Å². The molecule has 0 amide bonds. The Balaban J connectivity index is 3.05. The van der Waals surface area contributed by atoms with Crippen LogP contribution in [0.3, 0.4) is 0 Å². The normalized spacial score (nSPS) is 20.7. The van der Waals surface area contributed by atoms with E-state index in [0.29, 0.717) is 13.0 Å². The van der Waals surface area contributed by atoms with Gasteiger partial charge in [0, 0.05) is 0 Å². The zero-order valence-corrected chi connectivity index (χ0v) is 13.2. The van der Waals surface area contributed by atoms with Crippen molar-refractivity contribution in [3.8, 4) is 0 Å². The molecule has 0 aromatic carbocycles. The van der Waals surface area contributed by atoms with Crippen LogP contribution in [0.1, 0.15) is 67.2 Å². The van der Waals surface area contributed by atoms with Crippen molar-refractivity contribution in [3.63, 3.8) is 0 Å². The third-order valence-electron chi connectivity index (χ3n) is 3.66. The van der Waals surface area contributed by atoms with Crippen LogP contribution in [0.25, 0.3) is 0 Å². The molecule has 0 aromatic heterocycles. The van der Waals surface area contributed by atoms with Crippen molar-refractivity contribution < 1.29 is 19.3 Å². The summed E-state index contributed by atoms with van der Waals surface area (Å²) < 4.78 is 5.32. The molecule has 4 nitrogen and oxygen atoms in total. The van der Waals surface area contributed by atoms with Crippen molar-refractivity contribution in [1.29, 1.82) is 0 Å². The number of esters is 1. The number of carbonyl (C=O) groups is 1. The molecular weight excluding hydrogens is 244 g/mol. The quantitative estimate of drug-likeness (QED) is 0.401. The maximum absolute atomic E-state index is 12.6. The Morgan fingerprint density at radius 1 is 1.21 bits per heavy atom. The molecule has 1 fully saturated rings. The van der Waals surface area contributed by atoms with Crippen molar-refractivity contribution in [1.82, 2.24) is 0 Å². The number of hydrogen-bond donors (Lipinski definition) is 0. The summed E-state index contributed by atoms with van der Waals surface area (Å²) in [6.07, 6.45) is 3.41. The van der Waals surface area contributed by atoms with Crippen LogP contribution in [0.2, 0.25) is 0 Å². The Labute approximate surface area is 116 Å². The van der Waals surface area contributed by atoms with Gasteiger partial charge in [0.15, 0.2) is 0 Å². The lowest BCUT2D eigenvalue weighted by Gasteiger charge is -2.37. The Hall–Kier alpha value is -0.610. The fraction of sp³-hybridized carbons (Fsp3) is 0.933. The van der Waals surface area contributed by atoms with Crippen molar-refractivity contribution in [2.75, 3.05) is 6.61 Å². The van der Waals surface area contributed by atoms with Crippen molar-refractivity contribution in [3.05, 3.63) is 0 Å². The Bertz CT molecular complexity index is 315. The Morgan fingerprint density at radius 2 is 1.79 bits per heavy atom. The fourth-order valence-electron chi connectivity index (χ4n) is 2.71. The summed E-state index contributed by atoms with van der Waals surface area (Å²) in [5, 5.41) is 0. The van der Waals surface area contributed by atoms with E-state index >= 15 is 0 Å². The molecule has 1 saturated heterocycles. The monoisotopic (exact) mass is 272 g/mol. The molecule has 4 heteroatoms. The Kier molecular flexibility index (Phi) is 5.02. The average molecular weight is 272 g/mol. The summed E-state index contributed by atoms with van der Waals surface area (Å²) in [5.41, 5.74) is -0.712. The molecule has 0 bridgehead atoms. The predicted molar refractivity (Wildman–Crippen MR) is 73.2 cm³/mol. The van der Waals surface area contributed by atoms with Crippen LogP contribution in [-0.2, 0) is 19.3 Å². The van der Waals surface area contributed by atoms with E-state index in [2.05, 4.69) is 27.7 Å². The van der Waals surface area contributed by atoms with Crippen LogP contribution < -0.4 is 0 Å². The molecule has 0 N–H and O–H groups in total. The third kappa shape index (κ3) is 3.69. The molecule has 0 radical (unpaired) electrons. The molecule has 1 unspecified atom stereocenters. The van der Waals surface area contributed by atoms with Gasteiger partial charge in [-0.15, -0.1) is 0 Å². The largest absolute Gasteiger partial charge is 0.465 e. The maximum Gasteiger partial charge on any atom is 0.317 e. The van der Waals surface area contributed by atoms with Gasteiger partial charge >= 0.3 is 5.97 Å². The number of rotatable bonds is 7. The molecule has 112 valence electrons. The van der Waals surface area contributed by atoms with Crippen molar-refractivity contribution in [2.45, 2.75) is 73.0 Å². The molecule has 0 aliphatic carbocycles. The highest BCUT2D eigenvalue weighted by Crippen LogP contribution is 2.55. The zero-order chi connectivity index (χ0) is 14.7. The summed E-state index contributed by atoms with van der Waals surface area (Å²) >= 11 is 0. The SMILES string of the molecule is CCCCC(CC(C)(C)C)(C(=O)OCC)C1(C)OO1. The van der Waals surface area contributed by atoms with Gasteiger partial charge in [-0.05, 0) is 32.1 Å². The molecule has 1 heterocycles. The summed E-state index contributed by atoms with van der Waals surface area (Å²) in [6, 6.07) is 0. The van der Waals surface area contributed by atoms with Crippen molar-refractivity contribution in [2.24, 2.45) is 10.8 Å². The van der Waals surface area contributed by atoms with Crippen LogP contribution in [0.5, 0.6) is 0 Å². The van der Waals surface area contributed by atoms with Gasteiger partial charge in [-0.2, -0.15) is 9.78 Å². The minimum Gasteiger partial charge on any atom is -0.465 e. The summed E-state index contributed by atoms with van der Waals surface area (Å²) in [7, 11) is 0. The van der Waals surface area contributed by atoms with Crippen LogP contribution in [0.15, 0.2) is 0 Å². The summed E-state index contributed by atoms with van der Waals surface area (Å²) in [4.78, 5) is 22.9. The van der Waals surface area contributed by atoms with E-state index in [1.165, 1.54) is 0 Å². The first-order valence-electron chi connectivity index (χ1n) is 7.25. The molecule has 1 aliphatic rings. The van der Waals surface area contributed by atoms with E-state index in [1.807, 2.05) is 13.8 Å².